The third kappa shape index (κ3) is 8.13. The summed E-state index contributed by atoms with van der Waals surface area (Å²) in [6.45, 7) is 4.41. The SMILES string of the molecule is CCCCC1CCC(C(=O)Oc2ccc(OC(=O)C3CCC(CCCC)CC3)c3c2SC(=C(C#N)C(=O)NC)S3)CC1. The van der Waals surface area contributed by atoms with E-state index in [1.807, 2.05) is 6.07 Å². The van der Waals surface area contributed by atoms with Gasteiger partial charge in [0.05, 0.1) is 25.9 Å². The summed E-state index contributed by atoms with van der Waals surface area (Å²) in [6, 6.07) is 5.35. The van der Waals surface area contributed by atoms with Crippen LogP contribution in [0.25, 0.3) is 0 Å². The van der Waals surface area contributed by atoms with Crippen LogP contribution in [0.1, 0.15) is 104 Å². The zero-order chi connectivity index (χ0) is 30.1. The van der Waals surface area contributed by atoms with Gasteiger partial charge >= 0.3 is 11.9 Å². The zero-order valence-corrected chi connectivity index (χ0v) is 26.8. The van der Waals surface area contributed by atoms with E-state index in [2.05, 4.69) is 19.2 Å². The van der Waals surface area contributed by atoms with Gasteiger partial charge < -0.3 is 14.8 Å². The Balaban J connectivity index is 1.50. The lowest BCUT2D eigenvalue weighted by molar-refractivity contribution is -0.141. The number of hydrogen-bond donors (Lipinski definition) is 1. The first-order valence-electron chi connectivity index (χ1n) is 15.7. The van der Waals surface area contributed by atoms with Gasteiger partial charge in [-0.3, -0.25) is 14.4 Å². The second-order valence-corrected chi connectivity index (χ2v) is 14.1. The number of benzene rings is 1. The molecule has 0 spiro atoms. The number of ether oxygens (including phenoxy) is 2. The Labute approximate surface area is 258 Å². The largest absolute Gasteiger partial charge is 0.425 e. The van der Waals surface area contributed by atoms with Crippen LogP contribution in [0.3, 0.4) is 0 Å². The summed E-state index contributed by atoms with van der Waals surface area (Å²) in [5, 5.41) is 12.2. The Morgan fingerprint density at radius 1 is 0.810 bits per heavy atom. The van der Waals surface area contributed by atoms with Gasteiger partial charge in [-0.2, -0.15) is 5.26 Å². The molecule has 0 atom stereocenters. The van der Waals surface area contributed by atoms with Crippen LogP contribution in [0.15, 0.2) is 31.7 Å². The summed E-state index contributed by atoms with van der Waals surface area (Å²) in [5.41, 5.74) is -0.0194. The molecule has 9 heteroatoms. The van der Waals surface area contributed by atoms with E-state index in [9.17, 15) is 19.6 Å². The molecule has 0 aromatic heterocycles. The van der Waals surface area contributed by atoms with Gasteiger partial charge in [0.25, 0.3) is 5.91 Å². The maximum atomic E-state index is 13.2. The molecule has 1 heterocycles. The summed E-state index contributed by atoms with van der Waals surface area (Å²) < 4.78 is 12.4. The predicted octanol–water partition coefficient (Wildman–Crippen LogP) is 8.17. The highest BCUT2D eigenvalue weighted by molar-refractivity contribution is 8.24. The molecule has 42 heavy (non-hydrogen) atoms. The molecule has 0 unspecified atom stereocenters. The van der Waals surface area contributed by atoms with Crippen molar-refractivity contribution in [1.29, 1.82) is 5.26 Å². The number of unbranched alkanes of at least 4 members (excludes halogenated alkanes) is 2. The fraction of sp³-hybridized carbons (Fsp3) is 0.636. The van der Waals surface area contributed by atoms with Crippen LogP contribution in [0, 0.1) is 35.0 Å². The standard InChI is InChI=1S/C33H44N2O5S2/c1-4-6-8-21-10-14-23(15-11-21)31(37)39-26-18-19-27(29-28(26)41-33(42-29)25(20-34)30(36)35-3)40-32(38)24-16-12-22(13-17-24)9-7-5-2/h18-19,21-24H,4-17H2,1-3H3,(H,35,36). The average Bonchev–Trinajstić information content (AvgIpc) is 3.46. The van der Waals surface area contributed by atoms with Crippen LogP contribution in [0.4, 0.5) is 0 Å². The van der Waals surface area contributed by atoms with E-state index in [1.165, 1.54) is 69.1 Å². The summed E-state index contributed by atoms with van der Waals surface area (Å²) in [6.07, 6.45) is 14.8. The van der Waals surface area contributed by atoms with E-state index < -0.39 is 5.91 Å². The number of nitriles is 1. The Hall–Kier alpha value is -2.44. The van der Waals surface area contributed by atoms with Crippen molar-refractivity contribution in [3.63, 3.8) is 0 Å². The number of carbonyl (C=O) groups is 3. The molecule has 1 aliphatic heterocycles. The zero-order valence-electron chi connectivity index (χ0n) is 25.2. The van der Waals surface area contributed by atoms with Crippen LogP contribution in [-0.2, 0) is 14.4 Å². The third-order valence-electron chi connectivity index (χ3n) is 8.91. The van der Waals surface area contributed by atoms with Crippen molar-refractivity contribution < 1.29 is 23.9 Å². The third-order valence-corrected chi connectivity index (χ3v) is 11.5. The first-order chi connectivity index (χ1) is 20.4. The number of nitrogens with zero attached hydrogens (tertiary/aromatic N) is 1. The lowest BCUT2D eigenvalue weighted by Gasteiger charge is -2.27. The van der Waals surface area contributed by atoms with Crippen LogP contribution in [0.5, 0.6) is 11.5 Å². The highest BCUT2D eigenvalue weighted by Crippen LogP contribution is 2.59. The number of thioether (sulfide) groups is 2. The second kappa shape index (κ2) is 15.9. The van der Waals surface area contributed by atoms with Gasteiger partial charge in [0.15, 0.2) is 0 Å². The van der Waals surface area contributed by atoms with Gasteiger partial charge in [0.2, 0.25) is 0 Å². The van der Waals surface area contributed by atoms with Gasteiger partial charge in [0.1, 0.15) is 23.1 Å². The minimum atomic E-state index is -0.489. The molecule has 1 aromatic carbocycles. The number of nitrogens with one attached hydrogen (secondary N) is 1. The van der Waals surface area contributed by atoms with Crippen molar-refractivity contribution in [1.82, 2.24) is 5.32 Å². The van der Waals surface area contributed by atoms with Gasteiger partial charge in [-0.05, 0) is 75.3 Å². The highest BCUT2D eigenvalue weighted by atomic mass is 32.2. The number of rotatable bonds is 11. The molecule has 228 valence electrons. The number of likely N-dealkylation sites (N-methyl/N-ethyl adjacent to an activating group) is 1. The maximum Gasteiger partial charge on any atom is 0.314 e. The molecule has 2 fully saturated rings. The van der Waals surface area contributed by atoms with Crippen molar-refractivity contribution >= 4 is 41.4 Å². The minimum absolute atomic E-state index is 0.0194. The van der Waals surface area contributed by atoms with Crippen LogP contribution >= 0.6 is 23.5 Å². The summed E-state index contributed by atoms with van der Waals surface area (Å²) in [4.78, 5) is 40.1. The number of carbonyl (C=O) groups excluding carboxylic acids is 3. The van der Waals surface area contributed by atoms with E-state index in [1.54, 1.807) is 12.1 Å². The molecule has 1 N–H and O–H groups in total. The van der Waals surface area contributed by atoms with E-state index in [4.69, 9.17) is 9.47 Å². The topological polar surface area (TPSA) is 105 Å². The average molecular weight is 613 g/mol. The van der Waals surface area contributed by atoms with Gasteiger partial charge in [0, 0.05) is 7.05 Å². The monoisotopic (exact) mass is 612 g/mol. The smallest absolute Gasteiger partial charge is 0.314 e. The number of amides is 1. The maximum absolute atomic E-state index is 13.2. The Morgan fingerprint density at radius 2 is 1.24 bits per heavy atom. The summed E-state index contributed by atoms with van der Waals surface area (Å²) in [5.74, 6) is 0.867. The molecule has 0 saturated heterocycles. The van der Waals surface area contributed by atoms with Crippen LogP contribution < -0.4 is 14.8 Å². The fourth-order valence-corrected chi connectivity index (χ4v) is 8.82. The van der Waals surface area contributed by atoms with Crippen molar-refractivity contribution in [2.75, 3.05) is 7.05 Å². The lowest BCUT2D eigenvalue weighted by Crippen LogP contribution is -2.26. The Kier molecular flexibility index (Phi) is 12.3. The van der Waals surface area contributed by atoms with E-state index in [0.29, 0.717) is 37.4 Å². The second-order valence-electron chi connectivity index (χ2n) is 11.8. The highest BCUT2D eigenvalue weighted by Gasteiger charge is 2.35. The normalized spacial score (nSPS) is 23.4. The predicted molar refractivity (Wildman–Crippen MR) is 166 cm³/mol. The summed E-state index contributed by atoms with van der Waals surface area (Å²) in [7, 11) is 1.48. The van der Waals surface area contributed by atoms with E-state index in [-0.39, 0.29) is 29.3 Å². The van der Waals surface area contributed by atoms with E-state index >= 15 is 0 Å². The number of hydrogen-bond acceptors (Lipinski definition) is 8. The fourth-order valence-electron chi connectivity index (χ4n) is 6.25. The molecule has 1 aromatic rings. The van der Waals surface area contributed by atoms with Crippen molar-refractivity contribution in [2.45, 2.75) is 114 Å². The lowest BCUT2D eigenvalue weighted by atomic mass is 9.80. The van der Waals surface area contributed by atoms with Crippen molar-refractivity contribution in [3.8, 4) is 17.6 Å². The Morgan fingerprint density at radius 3 is 1.60 bits per heavy atom. The molecular weight excluding hydrogens is 569 g/mol. The number of esters is 2. The first-order valence-corrected chi connectivity index (χ1v) is 17.3. The minimum Gasteiger partial charge on any atom is -0.425 e. The molecule has 1 amide bonds. The molecule has 7 nitrogen and oxygen atoms in total. The molecule has 2 aliphatic carbocycles. The molecule has 0 bridgehead atoms. The van der Waals surface area contributed by atoms with Crippen LogP contribution in [-0.4, -0.2) is 24.9 Å². The Bertz CT molecular complexity index is 1130. The van der Waals surface area contributed by atoms with Gasteiger partial charge in [-0.15, -0.1) is 0 Å². The molecule has 3 aliphatic rings. The first kappa shape index (κ1) is 32.5. The molecule has 4 rings (SSSR count). The van der Waals surface area contributed by atoms with Crippen molar-refractivity contribution in [3.05, 3.63) is 21.9 Å². The summed E-state index contributed by atoms with van der Waals surface area (Å²) >= 11 is 2.43. The molecule has 2 saturated carbocycles. The molecular formula is C33H44N2O5S2. The quantitative estimate of drug-likeness (QED) is 0.115. The van der Waals surface area contributed by atoms with Gasteiger partial charge in [-0.1, -0.05) is 75.9 Å². The van der Waals surface area contributed by atoms with Crippen molar-refractivity contribution in [2.24, 2.45) is 23.7 Å². The van der Waals surface area contributed by atoms with Gasteiger partial charge in [-0.25, -0.2) is 0 Å². The van der Waals surface area contributed by atoms with E-state index in [0.717, 1.165) is 51.4 Å². The molecule has 0 radical (unpaired) electrons. The number of fused-ring (bicyclic) bond motifs is 1. The van der Waals surface area contributed by atoms with Crippen LogP contribution in [0.2, 0.25) is 0 Å².